The molecule has 4 nitrogen and oxygen atoms in total. The Labute approximate surface area is 178 Å². The van der Waals surface area contributed by atoms with Gasteiger partial charge in [0.25, 0.3) is 0 Å². The lowest BCUT2D eigenvalue weighted by Crippen LogP contribution is -2.09. The first-order valence-corrected chi connectivity index (χ1v) is 10.9. The van der Waals surface area contributed by atoms with Crippen molar-refractivity contribution in [1.29, 1.82) is 0 Å². The molecule has 4 rings (SSSR count). The van der Waals surface area contributed by atoms with E-state index in [-0.39, 0.29) is 11.6 Å². The zero-order valence-corrected chi connectivity index (χ0v) is 17.2. The van der Waals surface area contributed by atoms with Gasteiger partial charge in [0.1, 0.15) is 0 Å². The van der Waals surface area contributed by atoms with Crippen LogP contribution in [0.5, 0.6) is 0 Å². The van der Waals surface area contributed by atoms with Crippen LogP contribution in [0.15, 0.2) is 72.1 Å². The van der Waals surface area contributed by atoms with E-state index in [1.54, 1.807) is 0 Å². The number of ketones is 2. The Balaban J connectivity index is 1.37. The molecule has 2 saturated carbocycles. The Bertz CT molecular complexity index is 888. The van der Waals surface area contributed by atoms with Gasteiger partial charge in [-0.05, 0) is 73.9 Å². The molecule has 2 aromatic rings. The highest BCUT2D eigenvalue weighted by molar-refractivity contribution is 5.96. The van der Waals surface area contributed by atoms with E-state index in [0.717, 1.165) is 72.2 Å². The van der Waals surface area contributed by atoms with E-state index in [4.69, 9.17) is 0 Å². The lowest BCUT2D eigenvalue weighted by molar-refractivity contribution is -0.117. The van der Waals surface area contributed by atoms with Gasteiger partial charge >= 0.3 is 0 Å². The topological polar surface area (TPSA) is 58.2 Å². The van der Waals surface area contributed by atoms with Crippen LogP contribution in [0, 0.1) is 0 Å². The number of benzene rings is 2. The number of hydrogen-bond donors (Lipinski definition) is 2. The number of hydrogen-bond acceptors (Lipinski definition) is 4. The molecule has 0 unspecified atom stereocenters. The van der Waals surface area contributed by atoms with Gasteiger partial charge in [-0.15, -0.1) is 0 Å². The number of rotatable bonds is 5. The summed E-state index contributed by atoms with van der Waals surface area (Å²) in [6.07, 6.45) is 11.0. The Morgan fingerprint density at radius 2 is 0.900 bits per heavy atom. The number of carbonyl (C=O) groups excluding carboxylic acids is 2. The molecule has 154 valence electrons. The number of allylic oxidation sites excluding steroid dienone is 2. The Kier molecular flexibility index (Phi) is 6.43. The summed E-state index contributed by atoms with van der Waals surface area (Å²) >= 11 is 0. The third kappa shape index (κ3) is 5.07. The predicted molar refractivity (Wildman–Crippen MR) is 122 cm³/mol. The van der Waals surface area contributed by atoms with Gasteiger partial charge in [-0.25, -0.2) is 0 Å². The van der Waals surface area contributed by atoms with Gasteiger partial charge in [0.05, 0.1) is 0 Å². The second kappa shape index (κ2) is 9.57. The van der Waals surface area contributed by atoms with Crippen molar-refractivity contribution in [2.45, 2.75) is 51.4 Å². The Hall–Kier alpha value is -3.14. The van der Waals surface area contributed by atoms with E-state index in [2.05, 4.69) is 34.9 Å². The quantitative estimate of drug-likeness (QED) is 0.584. The summed E-state index contributed by atoms with van der Waals surface area (Å²) in [5.74, 6) is 0.533. The van der Waals surface area contributed by atoms with Crippen LogP contribution in [0.2, 0.25) is 0 Å². The van der Waals surface area contributed by atoms with E-state index in [1.807, 2.05) is 36.7 Å². The van der Waals surface area contributed by atoms with Gasteiger partial charge in [-0.1, -0.05) is 24.3 Å². The summed E-state index contributed by atoms with van der Waals surface area (Å²) in [5.41, 5.74) is 6.03. The molecule has 2 fully saturated rings. The minimum absolute atomic E-state index is 0.266. The molecular formula is C26H28N2O2. The first-order chi connectivity index (χ1) is 14.7. The first-order valence-electron chi connectivity index (χ1n) is 10.9. The maximum atomic E-state index is 11.9. The zero-order chi connectivity index (χ0) is 20.8. The molecule has 0 radical (unpaired) electrons. The first kappa shape index (κ1) is 20.1. The smallest absolute Gasteiger partial charge is 0.160 e. The molecule has 0 aliphatic heterocycles. The van der Waals surface area contributed by atoms with Gasteiger partial charge < -0.3 is 10.6 Å². The molecule has 30 heavy (non-hydrogen) atoms. The number of nitrogens with one attached hydrogen (secondary N) is 2. The standard InChI is InChI=1S/C26H28N2O2/c29-25-7-3-1-5-21(25)17-27-23-13-9-19(10-14-23)20-11-15-24(16-12-20)28-18-22-6-2-4-8-26(22)30/h9-18,27-28H,1-8H2/b21-17+,22-18?. The summed E-state index contributed by atoms with van der Waals surface area (Å²) in [6, 6.07) is 16.4. The average molecular weight is 401 g/mol. The van der Waals surface area contributed by atoms with E-state index >= 15 is 0 Å². The summed E-state index contributed by atoms with van der Waals surface area (Å²) in [7, 11) is 0. The Morgan fingerprint density at radius 3 is 1.27 bits per heavy atom. The van der Waals surface area contributed by atoms with Crippen molar-refractivity contribution in [3.8, 4) is 11.1 Å². The fourth-order valence-electron chi connectivity index (χ4n) is 3.97. The maximum Gasteiger partial charge on any atom is 0.160 e. The molecule has 2 aromatic carbocycles. The lowest BCUT2D eigenvalue weighted by Gasteiger charge is -2.13. The van der Waals surface area contributed by atoms with Crippen molar-refractivity contribution in [3.63, 3.8) is 0 Å². The SMILES string of the molecule is O=C1CCCCC1=CNc1ccc(-c2ccc(N/C=C3\CCCCC3=O)cc2)cc1. The molecule has 0 saturated heterocycles. The summed E-state index contributed by atoms with van der Waals surface area (Å²) in [6.45, 7) is 0. The number of anilines is 2. The zero-order valence-electron chi connectivity index (χ0n) is 17.2. The van der Waals surface area contributed by atoms with Crippen molar-refractivity contribution in [3.05, 3.63) is 72.1 Å². The highest BCUT2D eigenvalue weighted by atomic mass is 16.1. The highest BCUT2D eigenvalue weighted by Gasteiger charge is 2.15. The van der Waals surface area contributed by atoms with Gasteiger partial charge in [-0.2, -0.15) is 0 Å². The molecular weight excluding hydrogens is 372 g/mol. The molecule has 4 heteroatoms. The summed E-state index contributed by atoms with van der Waals surface area (Å²) < 4.78 is 0. The molecule has 0 heterocycles. The predicted octanol–water partition coefficient (Wildman–Crippen LogP) is 6.23. The van der Waals surface area contributed by atoms with Crippen LogP contribution >= 0.6 is 0 Å². The fourth-order valence-corrected chi connectivity index (χ4v) is 3.97. The van der Waals surface area contributed by atoms with Gasteiger partial charge in [0, 0.05) is 47.8 Å². The van der Waals surface area contributed by atoms with Crippen LogP contribution in [0.4, 0.5) is 11.4 Å². The van der Waals surface area contributed by atoms with Crippen molar-refractivity contribution in [2.75, 3.05) is 10.6 Å². The minimum atomic E-state index is 0.266. The summed E-state index contributed by atoms with van der Waals surface area (Å²) in [4.78, 5) is 23.8. The molecule has 0 spiro atoms. The average Bonchev–Trinajstić information content (AvgIpc) is 2.79. The van der Waals surface area contributed by atoms with Crippen LogP contribution in [-0.2, 0) is 9.59 Å². The molecule has 0 bridgehead atoms. The molecule has 0 aromatic heterocycles. The largest absolute Gasteiger partial charge is 0.361 e. The number of carbonyl (C=O) groups is 2. The molecule has 0 atom stereocenters. The van der Waals surface area contributed by atoms with Gasteiger partial charge in [0.2, 0.25) is 0 Å². The fraction of sp³-hybridized carbons (Fsp3) is 0.308. The summed E-state index contributed by atoms with van der Waals surface area (Å²) in [5, 5.41) is 6.51. The highest BCUT2D eigenvalue weighted by Crippen LogP contribution is 2.25. The van der Waals surface area contributed by atoms with Crippen molar-refractivity contribution in [2.24, 2.45) is 0 Å². The normalized spacial score (nSPS) is 19.9. The number of Topliss-reactive ketones (excluding diaryl/α,β-unsaturated/α-hetero) is 2. The van der Waals surface area contributed by atoms with Crippen LogP contribution in [0.25, 0.3) is 11.1 Å². The van der Waals surface area contributed by atoms with Crippen LogP contribution in [-0.4, -0.2) is 11.6 Å². The lowest BCUT2D eigenvalue weighted by atomic mass is 9.94. The molecule has 0 amide bonds. The van der Waals surface area contributed by atoms with Gasteiger partial charge in [0.15, 0.2) is 11.6 Å². The third-order valence-corrected chi connectivity index (χ3v) is 5.85. The van der Waals surface area contributed by atoms with E-state index in [9.17, 15) is 9.59 Å². The van der Waals surface area contributed by atoms with Crippen LogP contribution < -0.4 is 10.6 Å². The molecule has 2 aliphatic carbocycles. The molecule has 2 aliphatic rings. The monoisotopic (exact) mass is 400 g/mol. The maximum absolute atomic E-state index is 11.9. The minimum Gasteiger partial charge on any atom is -0.361 e. The Morgan fingerprint density at radius 1 is 0.533 bits per heavy atom. The molecule has 2 N–H and O–H groups in total. The second-order valence-corrected chi connectivity index (χ2v) is 8.04. The van der Waals surface area contributed by atoms with E-state index in [0.29, 0.717) is 12.8 Å². The third-order valence-electron chi connectivity index (χ3n) is 5.85. The van der Waals surface area contributed by atoms with Crippen molar-refractivity contribution in [1.82, 2.24) is 0 Å². The van der Waals surface area contributed by atoms with Crippen LogP contribution in [0.1, 0.15) is 51.4 Å². The van der Waals surface area contributed by atoms with Gasteiger partial charge in [-0.3, -0.25) is 9.59 Å². The van der Waals surface area contributed by atoms with Crippen molar-refractivity contribution >= 4 is 22.9 Å². The van der Waals surface area contributed by atoms with Crippen LogP contribution in [0.3, 0.4) is 0 Å². The van der Waals surface area contributed by atoms with Crippen molar-refractivity contribution < 1.29 is 9.59 Å². The van der Waals surface area contributed by atoms with E-state index < -0.39 is 0 Å². The second-order valence-electron chi connectivity index (χ2n) is 8.04. The van der Waals surface area contributed by atoms with E-state index in [1.165, 1.54) is 0 Å².